The molecule has 6 aromatic heterocycles. The Morgan fingerprint density at radius 2 is 0.872 bits per heavy atom. The van der Waals surface area contributed by atoms with Crippen LogP contribution in [0.1, 0.15) is 78.3 Å². The van der Waals surface area contributed by atoms with Crippen molar-refractivity contribution in [1.82, 2.24) is 58.1 Å². The molecule has 0 amide bonds. The van der Waals surface area contributed by atoms with E-state index in [-0.39, 0.29) is 34.9 Å². The van der Waals surface area contributed by atoms with E-state index in [4.69, 9.17) is 143 Å². The van der Waals surface area contributed by atoms with Crippen molar-refractivity contribution < 1.29 is 112 Å². The van der Waals surface area contributed by atoms with Gasteiger partial charge in [-0.15, -0.1) is 0 Å². The third-order valence-electron chi connectivity index (χ3n) is 16.6. The number of H-pyrrole nitrogens is 2. The number of anilines is 3. The van der Waals surface area contributed by atoms with Crippen LogP contribution in [0.15, 0.2) is 93.0 Å². The summed E-state index contributed by atoms with van der Waals surface area (Å²) in [4.78, 5) is 125. The van der Waals surface area contributed by atoms with Crippen LogP contribution in [0.3, 0.4) is 0 Å². The van der Waals surface area contributed by atoms with E-state index in [9.17, 15) is 43.3 Å². The Labute approximate surface area is 642 Å². The van der Waals surface area contributed by atoms with Gasteiger partial charge in [0.1, 0.15) is 72.2 Å². The van der Waals surface area contributed by atoms with Crippen LogP contribution in [-0.4, -0.2) is 220 Å². The van der Waals surface area contributed by atoms with E-state index in [1.54, 1.807) is 45.8 Å². The first kappa shape index (κ1) is 91.0. The number of nitrogen functional groups attached to an aromatic ring is 3. The molecule has 13 N–H and O–H groups in total. The predicted molar refractivity (Wildman–Crippen MR) is 404 cm³/mol. The molecule has 0 aliphatic carbocycles. The van der Waals surface area contributed by atoms with Crippen molar-refractivity contribution in [3.63, 3.8) is 0 Å². The maximum atomic E-state index is 12.0. The van der Waals surface area contributed by atoms with Gasteiger partial charge in [-0.05, 0) is 91.1 Å². The molecule has 4 aliphatic rings. The quantitative estimate of drug-likeness (QED) is 0.0329. The predicted octanol–water partition coefficient (Wildman–Crippen LogP) is 3.57. The first-order chi connectivity index (χ1) is 51.5. The number of hydrogen-bond donors (Lipinski definition) is 10. The smallest absolute Gasteiger partial charge is 0.404 e. The van der Waals surface area contributed by atoms with Crippen LogP contribution in [0.25, 0.3) is 22.3 Å². The lowest BCUT2D eigenvalue weighted by Crippen LogP contribution is -2.39. The molecule has 4 aliphatic heterocycles. The summed E-state index contributed by atoms with van der Waals surface area (Å²) in [6.07, 6.45) is -0.395. The number of imidazole rings is 2. The van der Waals surface area contributed by atoms with E-state index in [1.807, 2.05) is 27.7 Å². The molecule has 10 heterocycles. The highest BCUT2D eigenvalue weighted by Gasteiger charge is 2.53. The number of nitrogens with zero attached hydrogens (tertiary/aromatic N) is 10. The average Bonchev–Trinajstić information content (AvgIpc) is 1.62. The maximum Gasteiger partial charge on any atom is 0.527 e. The first-order valence-corrected chi connectivity index (χ1v) is 44.3. The standard InChI is InChI=1S/C13H20N5O6PS.C13H20N5O5PS.C12H20N3O6PS.C12H19N2O7PS.C7H9O4P/c1-4-6-8(24-25(20,26)22-3)9(21-2)12(23-6)18-5-15-7-10(18)16-13(14)17-11(7)19;1-4-7-9(23-24(19,25)21-3)10(20-2)13(22-7)18-6-17-8-11(14)15-5-16-12(8)18;1-4-7-9(21-22(17,23)19-3)10(18-2)11(20-7)15-6-5-8(13)14-12(15)16;1-4-7-9(21-22(17,23)19-3)10(18-2)11(20-7)14-6-5-8(15)13-12(14)16;1-10-12(8,9)11-7-5-3-2-4-6-7/h5-6,8-9,12H,4H2,1-3H3,(H,20,26)(H3,14,16,17,19);5-7,9-10,13H,4H2,1-3H3,(H,19,25)(H2,14,15,16);5-7,9-11H,4H2,1-3H3,(H,17,23)(H2,13,14,16);5-7,9-11H,4H2,1-3H3,(H,17,23)(H,13,15,16);2-6H,1H3,(H,8,9)/t6-,8?,9+,12-,25?;7-,9?,10+,13-,24?;2*7-,9?,10+,11-,22?;/m1111./s1. The summed E-state index contributed by atoms with van der Waals surface area (Å²) in [5.41, 5.74) is 16.2. The molecular formula is C57H88N15O28P5S4. The second-order valence-corrected chi connectivity index (χ2v) is 36.1. The van der Waals surface area contributed by atoms with Crippen LogP contribution in [0.5, 0.6) is 5.75 Å². The number of ether oxygens (including phenoxy) is 8. The number of phosphoric acid groups is 1. The molecule has 0 saturated carbocycles. The minimum atomic E-state index is -3.90. The maximum absolute atomic E-state index is 12.0. The number of phosphoric ester groups is 1. The molecule has 7 aromatic rings. The van der Waals surface area contributed by atoms with Crippen molar-refractivity contribution in [2.75, 3.05) is 81.2 Å². The van der Waals surface area contributed by atoms with Crippen LogP contribution < -0.4 is 44.2 Å². The molecule has 109 heavy (non-hydrogen) atoms. The van der Waals surface area contributed by atoms with E-state index < -0.39 is 149 Å². The van der Waals surface area contributed by atoms with E-state index in [1.165, 1.54) is 103 Å². The number of hydrogen-bond acceptors (Lipinski definition) is 36. The lowest BCUT2D eigenvalue weighted by atomic mass is 10.1. The number of rotatable bonds is 27. The van der Waals surface area contributed by atoms with Crippen molar-refractivity contribution >= 4 is 122 Å². The lowest BCUT2D eigenvalue weighted by Gasteiger charge is -2.26. The highest BCUT2D eigenvalue weighted by molar-refractivity contribution is 8.08. The largest absolute Gasteiger partial charge is 0.527 e. The van der Waals surface area contributed by atoms with Crippen LogP contribution in [0.4, 0.5) is 17.6 Å². The van der Waals surface area contributed by atoms with Crippen LogP contribution in [-0.2, 0) is 130 Å². The molecule has 11 rings (SSSR count). The number of methoxy groups -OCH3 is 4. The zero-order valence-electron chi connectivity index (χ0n) is 60.7. The zero-order valence-corrected chi connectivity index (χ0v) is 68.4. The van der Waals surface area contributed by atoms with Gasteiger partial charge in [0.2, 0.25) is 5.95 Å². The number of aromatic amines is 2. The molecule has 4 saturated heterocycles. The third kappa shape index (κ3) is 23.1. The highest BCUT2D eigenvalue weighted by Crippen LogP contribution is 2.53. The fraction of sp³-hybridized carbons (Fsp3) is 0.579. The van der Waals surface area contributed by atoms with Gasteiger partial charge in [-0.3, -0.25) is 65.3 Å². The molecule has 21 atom stereocenters. The van der Waals surface area contributed by atoms with Crippen molar-refractivity contribution in [3.8, 4) is 5.75 Å². The van der Waals surface area contributed by atoms with Gasteiger partial charge >= 0.3 is 46.1 Å². The molecule has 43 nitrogen and oxygen atoms in total. The normalized spacial score (nSPS) is 27.9. The molecule has 1 aromatic carbocycles. The van der Waals surface area contributed by atoms with E-state index in [0.29, 0.717) is 42.6 Å². The minimum Gasteiger partial charge on any atom is -0.404 e. The Morgan fingerprint density at radius 1 is 0.477 bits per heavy atom. The van der Waals surface area contributed by atoms with Gasteiger partial charge in [-0.1, -0.05) is 45.9 Å². The fourth-order valence-corrected chi connectivity index (χ4v) is 15.7. The first-order valence-electron chi connectivity index (χ1n) is 32.5. The molecule has 608 valence electrons. The summed E-state index contributed by atoms with van der Waals surface area (Å²) >= 11 is 19.7. The Bertz CT molecular complexity index is 4650. The van der Waals surface area contributed by atoms with Crippen molar-refractivity contribution in [1.29, 1.82) is 0 Å². The van der Waals surface area contributed by atoms with Crippen molar-refractivity contribution in [2.24, 2.45) is 0 Å². The van der Waals surface area contributed by atoms with Gasteiger partial charge in [0, 0.05) is 82.4 Å². The average molecular weight is 1710 g/mol. The number of nitrogens with one attached hydrogen (secondary N) is 2. The number of aromatic nitrogens is 12. The summed E-state index contributed by atoms with van der Waals surface area (Å²) in [6.45, 7) is -6.07. The highest BCUT2D eigenvalue weighted by atomic mass is 32.5. The Kier molecular flexibility index (Phi) is 33.6. The molecule has 52 heteroatoms. The second kappa shape index (κ2) is 40.2. The number of benzene rings is 1. The number of para-hydroxylation sites is 1. The second-order valence-electron chi connectivity index (χ2n) is 23.1. The molecule has 9 unspecified atom stereocenters. The summed E-state index contributed by atoms with van der Waals surface area (Å²) in [5.74, 6) is 0.663. The van der Waals surface area contributed by atoms with E-state index in [0.717, 1.165) is 7.11 Å². The summed E-state index contributed by atoms with van der Waals surface area (Å²) in [7, 11) is 8.23. The van der Waals surface area contributed by atoms with Gasteiger partial charge in [0.15, 0.2) is 47.5 Å². The minimum absolute atomic E-state index is 0.0405. The van der Waals surface area contributed by atoms with Gasteiger partial charge in [0.25, 0.3) is 11.1 Å². The van der Waals surface area contributed by atoms with Gasteiger partial charge in [0.05, 0.1) is 37.1 Å². The Balaban J connectivity index is 0.000000193. The van der Waals surface area contributed by atoms with E-state index in [2.05, 4.69) is 48.9 Å². The Hall–Kier alpha value is -5.17. The molecule has 4 fully saturated rings. The van der Waals surface area contributed by atoms with Gasteiger partial charge < -0.3 is 97.3 Å². The summed E-state index contributed by atoms with van der Waals surface area (Å²) in [5, 5.41) is 0. The number of fused-ring (bicyclic) bond motifs is 2. The topological polar surface area (TPSA) is 559 Å². The monoisotopic (exact) mass is 1710 g/mol. The van der Waals surface area contributed by atoms with E-state index >= 15 is 0 Å². The third-order valence-corrected chi connectivity index (χ3v) is 24.2. The van der Waals surface area contributed by atoms with Crippen molar-refractivity contribution in [3.05, 3.63) is 116 Å². The summed E-state index contributed by atoms with van der Waals surface area (Å²) in [6, 6.07) is 11.0. The van der Waals surface area contributed by atoms with Crippen molar-refractivity contribution in [2.45, 2.75) is 152 Å². The zero-order chi connectivity index (χ0) is 80.7. The van der Waals surface area contributed by atoms with Gasteiger partial charge in [-0.2, -0.15) is 9.97 Å². The lowest BCUT2D eigenvalue weighted by molar-refractivity contribution is -0.0540. The summed E-state index contributed by atoms with van der Waals surface area (Å²) < 4.78 is 113. The molecule has 0 radical (unpaired) electrons. The Morgan fingerprint density at radius 3 is 1.26 bits per heavy atom. The van der Waals surface area contributed by atoms with Crippen LogP contribution in [0, 0.1) is 0 Å². The number of nitrogens with two attached hydrogens (primary N) is 3. The van der Waals surface area contributed by atoms with Crippen LogP contribution >= 0.6 is 34.7 Å². The molecule has 0 spiro atoms. The SMILES string of the molecule is CC[C@H]1O[C@@H](n2ccc(=O)[nH]c2=O)[C@@H](OC)C1OP(O)(=S)OC.CC[C@H]1O[C@@H](n2ccc(N)nc2=O)[C@@H](OC)C1OP(O)(=S)OC.CC[C@H]1O[C@@H](n2cnc3c(=O)[nH]c(N)nc32)[C@@H](OC)C1OP(O)(=S)OC.CC[C@H]1O[C@@H](n2cnc3c(N)ncnc32)[C@@H](OC)C1OP(O)(=S)OC.COP(=O)(O)Oc1ccccc1. The molecule has 0 bridgehead atoms. The fourth-order valence-electron chi connectivity index (χ4n) is 11.4. The molecular weight excluding hydrogens is 1630 g/mol. The van der Waals surface area contributed by atoms with Crippen LogP contribution in [0.2, 0.25) is 0 Å². The van der Waals surface area contributed by atoms with Gasteiger partial charge in [-0.25, -0.2) is 34.1 Å².